The molecule has 28 heavy (non-hydrogen) atoms. The normalized spacial score (nSPS) is 18.2. The number of thioether (sulfide) groups is 2. The molecule has 0 aromatic heterocycles. The number of fused-ring (bicyclic) bond motifs is 6. The third-order valence-corrected chi connectivity index (χ3v) is 8.25. The lowest BCUT2D eigenvalue weighted by molar-refractivity contribution is 1.12. The average Bonchev–Trinajstić information content (AvgIpc) is 3.25. The van der Waals surface area contributed by atoms with Crippen LogP contribution in [0.1, 0.15) is 0 Å². The Morgan fingerprint density at radius 1 is 0.607 bits per heavy atom. The highest BCUT2D eigenvalue weighted by molar-refractivity contribution is 8.07. The van der Waals surface area contributed by atoms with E-state index in [0.717, 1.165) is 0 Å². The molecule has 0 N–H and O–H groups in total. The van der Waals surface area contributed by atoms with Crippen molar-refractivity contribution in [1.82, 2.24) is 0 Å². The Kier molecular flexibility index (Phi) is 3.49. The maximum Gasteiger partial charge on any atom is 0.111 e. The largest absolute Gasteiger partial charge is 0.336 e. The van der Waals surface area contributed by atoms with Crippen LogP contribution in [0.5, 0.6) is 0 Å². The number of hydrogen-bond acceptors (Lipinski definition) is 4. The minimum Gasteiger partial charge on any atom is -0.336 e. The summed E-state index contributed by atoms with van der Waals surface area (Å²) in [5, 5.41) is 7.86. The predicted molar refractivity (Wildman–Crippen MR) is 123 cm³/mol. The molecule has 0 aliphatic carbocycles. The van der Waals surface area contributed by atoms with E-state index in [1.54, 1.807) is 0 Å². The highest BCUT2D eigenvalue weighted by atomic mass is 32.2. The second kappa shape index (κ2) is 5.97. The molecule has 0 spiro atoms. The summed E-state index contributed by atoms with van der Waals surface area (Å²) in [5.41, 5.74) is 2.61. The first-order valence-electron chi connectivity index (χ1n) is 9.33. The van der Waals surface area contributed by atoms with E-state index in [4.69, 9.17) is 0 Å². The lowest BCUT2D eigenvalue weighted by Crippen LogP contribution is -2.18. The maximum absolute atomic E-state index is 2.37. The minimum atomic E-state index is 1.29. The van der Waals surface area contributed by atoms with E-state index in [1.807, 2.05) is 23.5 Å². The molecule has 4 aromatic carbocycles. The zero-order valence-corrected chi connectivity index (χ0v) is 17.3. The van der Waals surface area contributed by atoms with Gasteiger partial charge in [-0.25, -0.2) is 0 Å². The van der Waals surface area contributed by atoms with Gasteiger partial charge in [0.15, 0.2) is 0 Å². The summed E-state index contributed by atoms with van der Waals surface area (Å²) in [6, 6.07) is 26.3. The summed E-state index contributed by atoms with van der Waals surface area (Å²) in [6.07, 6.45) is 0. The molecular weight excluding hydrogens is 380 g/mol. The first-order valence-corrected chi connectivity index (χ1v) is 11.0. The van der Waals surface area contributed by atoms with Gasteiger partial charge in [-0.3, -0.25) is 0 Å². The Hall–Kier alpha value is -2.56. The summed E-state index contributed by atoms with van der Waals surface area (Å²) in [5.74, 6) is 0. The predicted octanol–water partition coefficient (Wildman–Crippen LogP) is 6.90. The summed E-state index contributed by atoms with van der Waals surface area (Å²) in [7, 11) is 4.38. The first kappa shape index (κ1) is 16.4. The van der Waals surface area contributed by atoms with E-state index in [0.29, 0.717) is 0 Å². The number of benzene rings is 4. The number of anilines is 2. The Bertz CT molecular complexity index is 1310. The molecule has 136 valence electrons. The Morgan fingerprint density at radius 2 is 1.25 bits per heavy atom. The zero-order chi connectivity index (χ0) is 18.8. The van der Waals surface area contributed by atoms with Crippen molar-refractivity contribution in [2.75, 3.05) is 23.9 Å². The summed E-state index contributed by atoms with van der Waals surface area (Å²) < 4.78 is 0. The van der Waals surface area contributed by atoms with E-state index < -0.39 is 0 Å². The number of nitrogens with zero attached hydrogens (tertiary/aromatic N) is 2. The molecule has 2 aliphatic heterocycles. The fourth-order valence-electron chi connectivity index (χ4n) is 4.19. The topological polar surface area (TPSA) is 6.48 Å². The van der Waals surface area contributed by atoms with Crippen LogP contribution < -0.4 is 9.80 Å². The van der Waals surface area contributed by atoms with Gasteiger partial charge in [-0.1, -0.05) is 84.2 Å². The van der Waals surface area contributed by atoms with Crippen LogP contribution in [-0.4, -0.2) is 14.1 Å². The van der Waals surface area contributed by atoms with Gasteiger partial charge >= 0.3 is 0 Å². The molecule has 0 radical (unpaired) electrons. The van der Waals surface area contributed by atoms with E-state index >= 15 is 0 Å². The molecule has 6 rings (SSSR count). The molecule has 0 amide bonds. The molecule has 0 saturated carbocycles. The van der Waals surface area contributed by atoms with Crippen molar-refractivity contribution in [2.24, 2.45) is 0 Å². The molecule has 0 unspecified atom stereocenters. The van der Waals surface area contributed by atoms with Crippen molar-refractivity contribution < 1.29 is 0 Å². The highest BCUT2D eigenvalue weighted by Gasteiger charge is 2.33. The highest BCUT2D eigenvalue weighted by Crippen LogP contribution is 2.56. The molecule has 0 fully saturated rings. The van der Waals surface area contributed by atoms with E-state index in [-0.39, 0.29) is 0 Å². The molecule has 2 heterocycles. The molecule has 0 bridgehead atoms. The van der Waals surface area contributed by atoms with Gasteiger partial charge in [-0.15, -0.1) is 0 Å². The monoisotopic (exact) mass is 398 g/mol. The van der Waals surface area contributed by atoms with Crippen molar-refractivity contribution in [2.45, 2.75) is 9.79 Å². The van der Waals surface area contributed by atoms with Crippen LogP contribution >= 0.6 is 23.5 Å². The number of hydrogen-bond donors (Lipinski definition) is 0. The molecule has 4 heteroatoms. The summed E-state index contributed by atoms with van der Waals surface area (Å²) >= 11 is 3.77. The summed E-state index contributed by atoms with van der Waals surface area (Å²) in [4.78, 5) is 7.41. The fourth-order valence-corrected chi connectivity index (χ4v) is 6.84. The number of rotatable bonds is 0. The Balaban J connectivity index is 1.52. The third-order valence-electron chi connectivity index (χ3n) is 5.62. The molecule has 0 atom stereocenters. The van der Waals surface area contributed by atoms with Gasteiger partial charge in [-0.05, 0) is 28.3 Å². The van der Waals surface area contributed by atoms with Crippen LogP contribution in [0.15, 0.2) is 92.6 Å². The van der Waals surface area contributed by atoms with Crippen LogP contribution in [0.4, 0.5) is 11.4 Å². The Labute approximate surface area is 172 Å². The van der Waals surface area contributed by atoms with Gasteiger partial charge in [0.2, 0.25) is 0 Å². The summed E-state index contributed by atoms with van der Waals surface area (Å²) in [6.45, 7) is 0. The van der Waals surface area contributed by atoms with Crippen molar-refractivity contribution in [1.29, 1.82) is 0 Å². The van der Waals surface area contributed by atoms with Crippen LogP contribution in [0.25, 0.3) is 21.5 Å². The van der Waals surface area contributed by atoms with Crippen molar-refractivity contribution in [3.8, 4) is 0 Å². The Morgan fingerprint density at radius 3 is 2.07 bits per heavy atom. The van der Waals surface area contributed by atoms with Crippen molar-refractivity contribution >= 4 is 56.4 Å². The van der Waals surface area contributed by atoms with Gasteiger partial charge in [0.1, 0.15) is 10.1 Å². The second-order valence-corrected chi connectivity index (χ2v) is 9.23. The molecule has 2 nitrogen and oxygen atoms in total. The van der Waals surface area contributed by atoms with E-state index in [9.17, 15) is 0 Å². The van der Waals surface area contributed by atoms with Crippen molar-refractivity contribution in [3.63, 3.8) is 0 Å². The smallest absolute Gasteiger partial charge is 0.111 e. The van der Waals surface area contributed by atoms with Crippen LogP contribution in [0.2, 0.25) is 0 Å². The zero-order valence-electron chi connectivity index (χ0n) is 15.6. The second-order valence-electron chi connectivity index (χ2n) is 7.20. The molecule has 0 saturated heterocycles. The quantitative estimate of drug-likeness (QED) is 0.317. The average molecular weight is 399 g/mol. The lowest BCUT2D eigenvalue weighted by atomic mass is 10.1. The van der Waals surface area contributed by atoms with Crippen LogP contribution in [-0.2, 0) is 0 Å². The molecular formula is C24H18N2S2. The molecule has 2 aliphatic rings. The maximum atomic E-state index is 2.37. The van der Waals surface area contributed by atoms with Gasteiger partial charge in [0.05, 0.1) is 11.4 Å². The van der Waals surface area contributed by atoms with E-state index in [1.165, 1.54) is 52.8 Å². The van der Waals surface area contributed by atoms with Gasteiger partial charge in [0.25, 0.3) is 0 Å². The molecule has 4 aromatic rings. The van der Waals surface area contributed by atoms with Gasteiger partial charge in [0, 0.05) is 29.3 Å². The lowest BCUT2D eigenvalue weighted by Gasteiger charge is -2.21. The SMILES string of the molecule is CN1/C(=C2\Sc3ccc4ccccc4c3N2C)Sc2c1ccc1ccccc21. The van der Waals surface area contributed by atoms with Crippen LogP contribution in [0, 0.1) is 0 Å². The first-order chi connectivity index (χ1) is 13.7. The minimum absolute atomic E-state index is 1.29. The van der Waals surface area contributed by atoms with Gasteiger partial charge < -0.3 is 9.80 Å². The standard InChI is InChI=1S/C24H18N2S2/c1-25-19-13-11-16-8-4-6-10-18(16)22(19)28-23(25)24-26(2)21-17-9-5-3-7-15(17)12-14-20(21)27-24/h3-14H,1-2H3/b24-23+. The van der Waals surface area contributed by atoms with E-state index in [2.05, 4.69) is 96.7 Å². The third kappa shape index (κ3) is 2.19. The van der Waals surface area contributed by atoms with Crippen LogP contribution in [0.3, 0.4) is 0 Å². The van der Waals surface area contributed by atoms with Gasteiger partial charge in [-0.2, -0.15) is 0 Å². The fraction of sp³-hybridized carbons (Fsp3) is 0.0833. The van der Waals surface area contributed by atoms with Crippen molar-refractivity contribution in [3.05, 3.63) is 82.9 Å².